The number of esters is 1. The number of para-hydroxylation sites is 1. The number of ether oxygens (including phenoxy) is 2. The third kappa shape index (κ3) is 5.68. The second-order valence-electron chi connectivity index (χ2n) is 9.29. The maximum Gasteiger partial charge on any atom is 0.306 e. The normalized spacial score (nSPS) is 16.5. The topological polar surface area (TPSA) is 60.8 Å². The van der Waals surface area contributed by atoms with Crippen molar-refractivity contribution in [2.45, 2.75) is 57.1 Å². The van der Waals surface area contributed by atoms with Crippen molar-refractivity contribution in [3.05, 3.63) is 82.7 Å². The molecule has 7 heteroatoms. The van der Waals surface area contributed by atoms with Gasteiger partial charge in [-0.3, -0.25) is 9.59 Å². The van der Waals surface area contributed by atoms with E-state index in [0.29, 0.717) is 5.69 Å². The van der Waals surface area contributed by atoms with Gasteiger partial charge >= 0.3 is 5.97 Å². The number of hydrogen-bond donors (Lipinski definition) is 0. The van der Waals surface area contributed by atoms with Gasteiger partial charge in [0.05, 0.1) is 24.1 Å². The van der Waals surface area contributed by atoms with Crippen LogP contribution in [0.25, 0.3) is 0 Å². The number of methoxy groups -OCH3 is 1. The van der Waals surface area contributed by atoms with E-state index in [1.807, 2.05) is 41.9 Å². The number of benzene rings is 2. The number of Topliss-reactive ketones (excluding diaryl/α,β-unsaturated/α-hetero) is 1. The van der Waals surface area contributed by atoms with Crippen LogP contribution >= 0.6 is 11.9 Å². The monoisotopic (exact) mass is 506 g/mol. The fourth-order valence-corrected chi connectivity index (χ4v) is 5.76. The molecule has 3 aromatic rings. The first kappa shape index (κ1) is 26.0. The second-order valence-corrected chi connectivity index (χ2v) is 10.4. The van der Waals surface area contributed by atoms with Gasteiger partial charge in [0, 0.05) is 38.7 Å². The third-order valence-corrected chi connectivity index (χ3v) is 7.90. The molecule has 0 bridgehead atoms. The Morgan fingerprint density at radius 3 is 2.64 bits per heavy atom. The number of nitrogens with zero attached hydrogens (tertiary/aromatic N) is 2. The van der Waals surface area contributed by atoms with Crippen molar-refractivity contribution in [2.75, 3.05) is 13.7 Å². The number of carbonyl (C=O) groups excluding carboxylic acids is 2. The van der Waals surface area contributed by atoms with Crippen LogP contribution in [-0.2, 0) is 23.1 Å². The van der Waals surface area contributed by atoms with Crippen LogP contribution in [-0.4, -0.2) is 40.4 Å². The Labute approximate surface area is 217 Å². The second kappa shape index (κ2) is 11.4. The van der Waals surface area contributed by atoms with Crippen LogP contribution in [0.15, 0.2) is 59.5 Å². The first-order chi connectivity index (χ1) is 17.3. The summed E-state index contributed by atoms with van der Waals surface area (Å²) in [5, 5.41) is 0. The predicted octanol–water partition coefficient (Wildman–Crippen LogP) is 5.91. The average Bonchev–Trinajstić information content (AvgIpc) is 3.15. The number of hydrogen-bond acceptors (Lipinski definition) is 6. The summed E-state index contributed by atoms with van der Waals surface area (Å²) in [6, 6.07) is 18.3. The van der Waals surface area contributed by atoms with E-state index in [1.54, 1.807) is 18.9 Å². The smallest absolute Gasteiger partial charge is 0.306 e. The highest BCUT2D eigenvalue weighted by molar-refractivity contribution is 7.97. The fraction of sp³-hybridized carbons (Fsp3) is 0.379. The van der Waals surface area contributed by atoms with Crippen molar-refractivity contribution in [1.29, 1.82) is 0 Å². The van der Waals surface area contributed by atoms with Gasteiger partial charge in [-0.2, -0.15) is 0 Å². The summed E-state index contributed by atoms with van der Waals surface area (Å²) in [4.78, 5) is 25.6. The molecule has 2 atom stereocenters. The number of carbonyl (C=O) groups is 2. The molecule has 1 unspecified atom stereocenters. The Bertz CT molecular complexity index is 1250. The molecule has 0 N–H and O–H groups in total. The molecule has 190 valence electrons. The highest BCUT2D eigenvalue weighted by atomic mass is 32.2. The zero-order valence-corrected chi connectivity index (χ0v) is 22.4. The van der Waals surface area contributed by atoms with Crippen LogP contribution < -0.4 is 4.74 Å². The van der Waals surface area contributed by atoms with Crippen molar-refractivity contribution in [2.24, 2.45) is 7.05 Å². The molecule has 4 rings (SSSR count). The Balaban J connectivity index is 1.67. The van der Waals surface area contributed by atoms with Gasteiger partial charge in [-0.05, 0) is 66.2 Å². The first-order valence-corrected chi connectivity index (χ1v) is 13.1. The molecule has 2 aromatic carbocycles. The third-order valence-electron chi connectivity index (χ3n) is 6.83. The lowest BCUT2D eigenvalue weighted by molar-refractivity contribution is -0.140. The molecule has 0 fully saturated rings. The summed E-state index contributed by atoms with van der Waals surface area (Å²) in [6.07, 6.45) is 1.24. The van der Waals surface area contributed by atoms with Gasteiger partial charge in [-0.15, -0.1) is 0 Å². The molecular weight excluding hydrogens is 472 g/mol. The van der Waals surface area contributed by atoms with E-state index in [2.05, 4.69) is 42.4 Å². The summed E-state index contributed by atoms with van der Waals surface area (Å²) < 4.78 is 15.5. The summed E-state index contributed by atoms with van der Waals surface area (Å²) in [5.41, 5.74) is 4.96. The van der Waals surface area contributed by atoms with E-state index in [9.17, 15) is 9.59 Å². The highest BCUT2D eigenvalue weighted by Gasteiger charge is 2.26. The molecule has 0 radical (unpaired) electrons. The molecule has 1 aromatic heterocycles. The molecular formula is C29H34N2O4S. The summed E-state index contributed by atoms with van der Waals surface area (Å²) in [5.74, 6) is 0.427. The number of ketones is 1. The Kier molecular flexibility index (Phi) is 8.21. The van der Waals surface area contributed by atoms with E-state index in [-0.39, 0.29) is 30.2 Å². The van der Waals surface area contributed by atoms with Crippen LogP contribution in [0, 0.1) is 6.92 Å². The standard InChI is InChI=1S/C29H34N2O4S/c1-6-23-18-31(36-28-10-8-7-9-27(28)35-23)17-22-15-21(12-11-19(22)2)24(16-29(33)34-5)26-14-13-25(20(3)32)30(26)4/h7-15,23-24H,6,16-18H2,1-5H3/t23-,24?/m1/s1. The van der Waals surface area contributed by atoms with Gasteiger partial charge in [0.1, 0.15) is 11.9 Å². The highest BCUT2D eigenvalue weighted by Crippen LogP contribution is 2.38. The Morgan fingerprint density at radius 1 is 1.17 bits per heavy atom. The van der Waals surface area contributed by atoms with Crippen molar-refractivity contribution >= 4 is 23.7 Å². The molecule has 1 aliphatic heterocycles. The van der Waals surface area contributed by atoms with Crippen molar-refractivity contribution in [1.82, 2.24) is 8.87 Å². The number of rotatable bonds is 8. The zero-order chi connectivity index (χ0) is 25.8. The van der Waals surface area contributed by atoms with E-state index >= 15 is 0 Å². The molecule has 0 amide bonds. The first-order valence-electron chi connectivity index (χ1n) is 12.3. The lowest BCUT2D eigenvalue weighted by atomic mass is 9.90. The minimum atomic E-state index is -0.282. The van der Waals surface area contributed by atoms with Gasteiger partial charge < -0.3 is 14.0 Å². The molecule has 1 aliphatic rings. The maximum absolute atomic E-state index is 12.4. The number of aromatic nitrogens is 1. The molecule has 2 heterocycles. The van der Waals surface area contributed by atoms with E-state index in [0.717, 1.165) is 41.4 Å². The molecule has 6 nitrogen and oxygen atoms in total. The predicted molar refractivity (Wildman–Crippen MR) is 142 cm³/mol. The van der Waals surface area contributed by atoms with Crippen LogP contribution in [0.1, 0.15) is 65.5 Å². The van der Waals surface area contributed by atoms with Gasteiger partial charge in [0.25, 0.3) is 0 Å². The van der Waals surface area contributed by atoms with Crippen molar-refractivity contribution in [3.8, 4) is 5.75 Å². The molecule has 0 aliphatic carbocycles. The number of aryl methyl sites for hydroxylation is 1. The van der Waals surface area contributed by atoms with Gasteiger partial charge in [-0.1, -0.05) is 37.3 Å². The van der Waals surface area contributed by atoms with Gasteiger partial charge in [-0.25, -0.2) is 4.31 Å². The van der Waals surface area contributed by atoms with E-state index in [4.69, 9.17) is 9.47 Å². The van der Waals surface area contributed by atoms with Gasteiger partial charge in [0.15, 0.2) is 5.78 Å². The maximum atomic E-state index is 12.4. The molecule has 0 spiro atoms. The largest absolute Gasteiger partial charge is 0.488 e. The summed E-state index contributed by atoms with van der Waals surface area (Å²) in [7, 11) is 3.29. The van der Waals surface area contributed by atoms with Crippen LogP contribution in [0.5, 0.6) is 5.75 Å². The van der Waals surface area contributed by atoms with E-state index < -0.39 is 0 Å². The number of fused-ring (bicyclic) bond motifs is 1. The van der Waals surface area contributed by atoms with Crippen LogP contribution in [0.2, 0.25) is 0 Å². The van der Waals surface area contributed by atoms with Crippen molar-refractivity contribution < 1.29 is 19.1 Å². The Morgan fingerprint density at radius 2 is 1.94 bits per heavy atom. The zero-order valence-electron chi connectivity index (χ0n) is 21.6. The van der Waals surface area contributed by atoms with Crippen LogP contribution in [0.4, 0.5) is 0 Å². The molecule has 0 saturated heterocycles. The minimum absolute atomic E-state index is 0.00340. The van der Waals surface area contributed by atoms with Crippen molar-refractivity contribution in [3.63, 3.8) is 0 Å². The lowest BCUT2D eigenvalue weighted by Gasteiger charge is -2.24. The van der Waals surface area contributed by atoms with E-state index in [1.165, 1.54) is 18.2 Å². The quantitative estimate of drug-likeness (QED) is 0.215. The summed E-state index contributed by atoms with van der Waals surface area (Å²) in [6.45, 7) is 7.39. The lowest BCUT2D eigenvalue weighted by Crippen LogP contribution is -2.29. The molecule has 36 heavy (non-hydrogen) atoms. The molecule has 0 saturated carbocycles. The Hall–Kier alpha value is -3.03. The fourth-order valence-electron chi connectivity index (χ4n) is 4.69. The SMILES string of the molecule is CC[C@@H]1CN(Cc2cc(C(CC(=O)OC)c3ccc(C(C)=O)n3C)ccc2C)Sc2ccccc2O1. The van der Waals surface area contributed by atoms with Crippen LogP contribution in [0.3, 0.4) is 0 Å². The average molecular weight is 507 g/mol. The minimum Gasteiger partial charge on any atom is -0.488 e. The van der Waals surface area contributed by atoms with Gasteiger partial charge in [0.2, 0.25) is 0 Å². The summed E-state index contributed by atoms with van der Waals surface area (Å²) >= 11 is 1.73.